The Hall–Kier alpha value is -2.02. The summed E-state index contributed by atoms with van der Waals surface area (Å²) in [7, 11) is 0. The van der Waals surface area contributed by atoms with Gasteiger partial charge in [0.25, 0.3) is 0 Å². The molecular formula is C9H9N3O. The van der Waals surface area contributed by atoms with Crippen molar-refractivity contribution in [3.8, 4) is 12.3 Å². The maximum atomic E-state index is 10.1. The lowest BCUT2D eigenvalue weighted by Crippen LogP contribution is -2.12. The van der Waals surface area contributed by atoms with Gasteiger partial charge in [-0.3, -0.25) is 0 Å². The van der Waals surface area contributed by atoms with Gasteiger partial charge in [-0.15, -0.1) is 11.3 Å². The third-order valence-corrected chi connectivity index (χ3v) is 1.56. The number of allylic oxidation sites excluding steroid dienone is 3. The lowest BCUT2D eigenvalue weighted by molar-refractivity contribution is 0.570. The van der Waals surface area contributed by atoms with Gasteiger partial charge in [0.1, 0.15) is 0 Å². The zero-order valence-electron chi connectivity index (χ0n) is 6.97. The largest absolute Gasteiger partial charge is 0.380 e. The van der Waals surface area contributed by atoms with Crippen molar-refractivity contribution in [2.24, 2.45) is 10.9 Å². The minimum absolute atomic E-state index is 0.0205. The van der Waals surface area contributed by atoms with Gasteiger partial charge in [0.2, 0.25) is 0 Å². The maximum absolute atomic E-state index is 10.1. The molecule has 66 valence electrons. The van der Waals surface area contributed by atoms with Gasteiger partial charge >= 0.3 is 0 Å². The highest BCUT2D eigenvalue weighted by atomic mass is 16.3. The van der Waals surface area contributed by atoms with Gasteiger partial charge in [-0.05, 0) is 17.3 Å². The van der Waals surface area contributed by atoms with Gasteiger partial charge < -0.3 is 10.6 Å². The molecule has 0 aromatic heterocycles. The molecule has 0 aliphatic carbocycles. The van der Waals surface area contributed by atoms with Crippen LogP contribution in [-0.4, -0.2) is 11.4 Å². The number of nitroso groups, excluding NO2 is 1. The fourth-order valence-corrected chi connectivity index (χ4v) is 0.892. The summed E-state index contributed by atoms with van der Waals surface area (Å²) >= 11 is 0. The van der Waals surface area contributed by atoms with Gasteiger partial charge in [0, 0.05) is 18.0 Å². The van der Waals surface area contributed by atoms with Crippen molar-refractivity contribution in [2.45, 2.75) is 0 Å². The number of nitrogens with two attached hydrogens (primary N) is 1. The first-order chi connectivity index (χ1) is 6.27. The number of terminal acetylenes is 1. The molecule has 0 radical (unpaired) electrons. The summed E-state index contributed by atoms with van der Waals surface area (Å²) in [4.78, 5) is 11.9. The maximum Gasteiger partial charge on any atom is 0.175 e. The molecule has 2 N–H and O–H groups in total. The van der Waals surface area contributed by atoms with E-state index in [4.69, 9.17) is 12.2 Å². The summed E-state index contributed by atoms with van der Waals surface area (Å²) in [5.41, 5.74) is 5.91. The molecule has 1 aliphatic heterocycles. The molecule has 0 saturated heterocycles. The van der Waals surface area contributed by atoms with E-state index in [1.165, 1.54) is 0 Å². The van der Waals surface area contributed by atoms with Crippen LogP contribution in [0.5, 0.6) is 0 Å². The molecule has 1 rings (SSSR count). The van der Waals surface area contributed by atoms with Crippen LogP contribution in [-0.2, 0) is 0 Å². The predicted octanol–water partition coefficient (Wildman–Crippen LogP) is 0.899. The van der Waals surface area contributed by atoms with E-state index in [9.17, 15) is 4.91 Å². The van der Waals surface area contributed by atoms with Crippen LogP contribution in [0, 0.1) is 17.3 Å². The van der Waals surface area contributed by atoms with E-state index in [0.717, 1.165) is 0 Å². The highest BCUT2D eigenvalue weighted by Crippen LogP contribution is 2.11. The number of nitrogens with zero attached hydrogens (tertiary/aromatic N) is 2. The third-order valence-electron chi connectivity index (χ3n) is 1.56. The van der Waals surface area contributed by atoms with Gasteiger partial charge in [0.15, 0.2) is 5.82 Å². The Morgan fingerprint density at radius 3 is 2.69 bits per heavy atom. The Kier molecular flexibility index (Phi) is 2.87. The van der Waals surface area contributed by atoms with Crippen molar-refractivity contribution in [1.82, 2.24) is 4.90 Å². The summed E-state index contributed by atoms with van der Waals surface area (Å²) in [6.45, 7) is 0.495. The monoisotopic (exact) mass is 175 g/mol. The first-order valence-electron chi connectivity index (χ1n) is 3.66. The van der Waals surface area contributed by atoms with Crippen LogP contribution in [0.1, 0.15) is 0 Å². The van der Waals surface area contributed by atoms with E-state index in [0.29, 0.717) is 12.1 Å². The summed E-state index contributed by atoms with van der Waals surface area (Å²) in [5, 5.41) is 2.63. The average molecular weight is 175 g/mol. The number of rotatable bonds is 2. The van der Waals surface area contributed by atoms with Gasteiger partial charge in [-0.2, -0.15) is 0 Å². The van der Waals surface area contributed by atoms with Crippen molar-refractivity contribution in [2.75, 3.05) is 6.54 Å². The topological polar surface area (TPSA) is 58.7 Å². The summed E-state index contributed by atoms with van der Waals surface area (Å²) in [5.74, 6) is 2.47. The normalized spacial score (nSPS) is 14.1. The molecule has 0 aromatic carbocycles. The van der Waals surface area contributed by atoms with E-state index in [2.05, 4.69) is 11.1 Å². The van der Waals surface area contributed by atoms with Crippen molar-refractivity contribution in [3.05, 3.63) is 40.9 Å². The standard InChI is InChI=1S/C9H9N3O/c1-2-5-12-6-3-8(4-7-12)9(10)11-13/h1,3-4,6-7H,5,10H2. The molecule has 0 bridgehead atoms. The van der Waals surface area contributed by atoms with Crippen LogP contribution in [0.25, 0.3) is 0 Å². The molecule has 0 fully saturated rings. The second kappa shape index (κ2) is 4.12. The third kappa shape index (κ3) is 2.20. The molecule has 0 amide bonds. The average Bonchev–Trinajstić information content (AvgIpc) is 2.18. The molecule has 0 atom stereocenters. The lowest BCUT2D eigenvalue weighted by Gasteiger charge is -2.15. The van der Waals surface area contributed by atoms with Crippen LogP contribution < -0.4 is 5.73 Å². The van der Waals surface area contributed by atoms with E-state index < -0.39 is 0 Å². The quantitative estimate of drug-likeness (QED) is 0.501. The van der Waals surface area contributed by atoms with E-state index >= 15 is 0 Å². The molecule has 4 nitrogen and oxygen atoms in total. The van der Waals surface area contributed by atoms with Crippen molar-refractivity contribution < 1.29 is 0 Å². The predicted molar refractivity (Wildman–Crippen MR) is 50.8 cm³/mol. The lowest BCUT2D eigenvalue weighted by atomic mass is 10.2. The van der Waals surface area contributed by atoms with Crippen LogP contribution in [0.2, 0.25) is 0 Å². The van der Waals surface area contributed by atoms with Crippen LogP contribution in [0.15, 0.2) is 41.1 Å². The Balaban J connectivity index is 2.75. The van der Waals surface area contributed by atoms with Gasteiger partial charge in [0.05, 0.1) is 6.54 Å². The molecule has 0 aromatic rings. The Labute approximate surface area is 76.4 Å². The molecule has 0 saturated carbocycles. The summed E-state index contributed by atoms with van der Waals surface area (Å²) in [6.07, 6.45) is 12.0. The van der Waals surface area contributed by atoms with Crippen molar-refractivity contribution in [1.29, 1.82) is 0 Å². The minimum Gasteiger partial charge on any atom is -0.380 e. The molecule has 0 unspecified atom stereocenters. The molecule has 4 heteroatoms. The molecule has 13 heavy (non-hydrogen) atoms. The number of hydrogen-bond donors (Lipinski definition) is 1. The van der Waals surface area contributed by atoms with Crippen molar-refractivity contribution in [3.63, 3.8) is 0 Å². The summed E-state index contributed by atoms with van der Waals surface area (Å²) in [6, 6.07) is 0. The van der Waals surface area contributed by atoms with Crippen molar-refractivity contribution >= 4 is 0 Å². The van der Waals surface area contributed by atoms with E-state index in [-0.39, 0.29) is 5.82 Å². The summed E-state index contributed by atoms with van der Waals surface area (Å²) < 4.78 is 0. The zero-order chi connectivity index (χ0) is 9.68. The molecule has 1 heterocycles. The fourth-order valence-electron chi connectivity index (χ4n) is 0.892. The van der Waals surface area contributed by atoms with Gasteiger partial charge in [-0.1, -0.05) is 5.92 Å². The zero-order valence-corrected chi connectivity index (χ0v) is 6.97. The fraction of sp³-hybridized carbons (Fsp3) is 0.111. The highest BCUT2D eigenvalue weighted by molar-refractivity contribution is 5.36. The number of hydrogen-bond acceptors (Lipinski definition) is 4. The molecule has 0 spiro atoms. The van der Waals surface area contributed by atoms with E-state index in [1.54, 1.807) is 29.5 Å². The van der Waals surface area contributed by atoms with Gasteiger partial charge in [-0.25, -0.2) is 0 Å². The Morgan fingerprint density at radius 2 is 2.23 bits per heavy atom. The van der Waals surface area contributed by atoms with Crippen LogP contribution >= 0.6 is 0 Å². The first-order valence-corrected chi connectivity index (χ1v) is 3.66. The minimum atomic E-state index is -0.0205. The van der Waals surface area contributed by atoms with E-state index in [1.807, 2.05) is 0 Å². The Morgan fingerprint density at radius 1 is 1.62 bits per heavy atom. The van der Waals surface area contributed by atoms with Crippen LogP contribution in [0.3, 0.4) is 0 Å². The second-order valence-corrected chi connectivity index (χ2v) is 2.44. The molecule has 1 aliphatic rings. The highest BCUT2D eigenvalue weighted by Gasteiger charge is 2.02. The van der Waals surface area contributed by atoms with Crippen LogP contribution in [0.4, 0.5) is 0 Å². The smallest absolute Gasteiger partial charge is 0.175 e. The SMILES string of the molecule is C#CCN1C=CC(=C(N)N=O)C=C1. The molecular weight excluding hydrogens is 166 g/mol. The Bertz CT molecular complexity index is 317. The first kappa shape index (κ1) is 9.07. The second-order valence-electron chi connectivity index (χ2n) is 2.44.